The molecule has 0 aliphatic rings. The van der Waals surface area contributed by atoms with Crippen LogP contribution >= 0.6 is 0 Å². The molecule has 0 aliphatic heterocycles. The molecule has 0 heterocycles. The summed E-state index contributed by atoms with van der Waals surface area (Å²) in [7, 11) is -5.34. The Bertz CT molecular complexity index is 1530. The van der Waals surface area contributed by atoms with Crippen molar-refractivity contribution >= 4 is 36.5 Å². The van der Waals surface area contributed by atoms with Gasteiger partial charge in [-0.15, -0.1) is 0 Å². The lowest BCUT2D eigenvalue weighted by Gasteiger charge is -2.26. The number of aryl methyl sites for hydroxylation is 2. The molecule has 2 aromatic rings. The van der Waals surface area contributed by atoms with Crippen LogP contribution in [-0.2, 0) is 79.1 Å². The number of carbonyl (C=O) groups is 3. The number of rotatable bonds is 17. The Hall–Kier alpha value is -3.68. The minimum absolute atomic E-state index is 0.000864. The zero-order valence-corrected chi connectivity index (χ0v) is 34.8. The van der Waals surface area contributed by atoms with Gasteiger partial charge in [0.25, 0.3) is 24.4 Å². The maximum absolute atomic E-state index is 12.9. The molecule has 0 unspecified atom stereocenters. The Labute approximate surface area is 329 Å². The first-order chi connectivity index (χ1) is 26.3. The van der Waals surface area contributed by atoms with E-state index < -0.39 is 89.9 Å². The van der Waals surface area contributed by atoms with Crippen LogP contribution in [0.15, 0.2) is 36.4 Å². The molecule has 0 fully saturated rings. The monoisotopic (exact) mass is 892 g/mol. The number of ether oxygens (including phenoxy) is 2. The summed E-state index contributed by atoms with van der Waals surface area (Å²) in [5.74, 6) is -2.83. The van der Waals surface area contributed by atoms with Crippen molar-refractivity contribution in [1.29, 1.82) is 0 Å². The van der Waals surface area contributed by atoms with Crippen LogP contribution < -0.4 is 0 Å². The molecule has 23 heteroatoms. The molecule has 0 bridgehead atoms. The molecule has 0 saturated heterocycles. The van der Waals surface area contributed by atoms with Crippen LogP contribution in [0.1, 0.15) is 94.7 Å². The van der Waals surface area contributed by atoms with E-state index >= 15 is 0 Å². The molecule has 9 nitrogen and oxygen atoms in total. The highest BCUT2D eigenvalue weighted by atomic mass is 28.4. The molecule has 0 spiro atoms. The number of benzene rings is 2. The van der Waals surface area contributed by atoms with Crippen molar-refractivity contribution in [3.8, 4) is 0 Å². The van der Waals surface area contributed by atoms with Gasteiger partial charge in [-0.3, -0.25) is 14.4 Å². The topological polar surface area (TPSA) is 107 Å². The minimum atomic E-state index is -5.00. The largest absolute Gasteiger partial charge is 0.705 e. The van der Waals surface area contributed by atoms with E-state index in [-0.39, 0.29) is 60.8 Å². The number of halogens is 12. The van der Waals surface area contributed by atoms with Crippen LogP contribution in [-0.4, -0.2) is 55.2 Å². The average Bonchev–Trinajstić information content (AvgIpc) is 3.01. The second-order valence-corrected chi connectivity index (χ2v) is 17.1. The molecule has 0 aliphatic carbocycles. The maximum Gasteiger partial charge on any atom is 0.705 e. The summed E-state index contributed by atoms with van der Waals surface area (Å²) in [5, 5.41) is 0. The molecule has 0 radical (unpaired) electrons. The van der Waals surface area contributed by atoms with E-state index in [0.717, 1.165) is 32.9 Å². The highest BCUT2D eigenvalue weighted by Crippen LogP contribution is 2.38. The van der Waals surface area contributed by atoms with Crippen LogP contribution in [0.3, 0.4) is 0 Å². The summed E-state index contributed by atoms with van der Waals surface area (Å²) in [6, 6.07) is 2.97. The fourth-order valence-electron chi connectivity index (χ4n) is 4.87. The lowest BCUT2D eigenvalue weighted by Crippen LogP contribution is -2.49. The second-order valence-electron chi connectivity index (χ2n) is 13.1. The van der Waals surface area contributed by atoms with Gasteiger partial charge in [-0.2, -0.15) is 52.7 Å². The van der Waals surface area contributed by atoms with E-state index in [1.807, 2.05) is 27.7 Å². The molecule has 0 aromatic heterocycles. The van der Waals surface area contributed by atoms with Gasteiger partial charge in [0.05, 0.1) is 40.5 Å². The first-order valence-electron chi connectivity index (χ1n) is 17.4. The quantitative estimate of drug-likeness (QED) is 0.0665. The van der Waals surface area contributed by atoms with Crippen molar-refractivity contribution in [2.75, 3.05) is 0 Å². The Morgan fingerprint density at radius 1 is 0.552 bits per heavy atom. The van der Waals surface area contributed by atoms with Gasteiger partial charge >= 0.3 is 33.5 Å². The second kappa shape index (κ2) is 22.1. The zero-order chi connectivity index (χ0) is 44.9. The molecule has 2 aromatic carbocycles. The highest BCUT2D eigenvalue weighted by molar-refractivity contribution is 6.65. The van der Waals surface area contributed by atoms with Gasteiger partial charge < -0.3 is 27.2 Å². The van der Waals surface area contributed by atoms with E-state index in [4.69, 9.17) is 27.2 Å². The first kappa shape index (κ1) is 52.3. The van der Waals surface area contributed by atoms with Gasteiger partial charge in [0.15, 0.2) is 9.76 Å². The van der Waals surface area contributed by atoms with Crippen molar-refractivity contribution in [2.45, 2.75) is 130 Å². The Kier molecular flexibility index (Phi) is 19.9. The maximum atomic E-state index is 12.9. The van der Waals surface area contributed by atoms with Crippen LogP contribution in [0.5, 0.6) is 0 Å². The smallest absolute Gasteiger partial charge is 0.455 e. The predicted molar refractivity (Wildman–Crippen MR) is 186 cm³/mol. The van der Waals surface area contributed by atoms with Crippen LogP contribution in [0.25, 0.3) is 0 Å². The SMILES string of the molecule is CC(=O)O[Si](CCCc1cc(C(F)(F)F)cc(C(F)(F)F)c1)(OC(C)=O)OC(C)=O.CC(C)OC(O[SiH2]CCCc1cc(C(F)(F)F)cc(C(F)(F)F)c1)OC(C)C. The van der Waals surface area contributed by atoms with Crippen LogP contribution in [0.4, 0.5) is 52.7 Å². The number of hydrogen-bond acceptors (Lipinski definition) is 9. The third-order valence-electron chi connectivity index (χ3n) is 7.02. The predicted octanol–water partition coefficient (Wildman–Crippen LogP) is 9.59. The molecule has 0 atom stereocenters. The third kappa shape index (κ3) is 20.3. The van der Waals surface area contributed by atoms with Crippen molar-refractivity contribution in [1.82, 2.24) is 0 Å². The molecule has 330 valence electrons. The lowest BCUT2D eigenvalue weighted by molar-refractivity contribution is -0.275. The number of carbonyl (C=O) groups excluding carboxylic acids is 3. The van der Waals surface area contributed by atoms with Crippen molar-refractivity contribution in [2.24, 2.45) is 0 Å². The van der Waals surface area contributed by atoms with Gasteiger partial charge in [0.1, 0.15) is 0 Å². The Morgan fingerprint density at radius 2 is 0.862 bits per heavy atom. The summed E-state index contributed by atoms with van der Waals surface area (Å²) < 4.78 is 186. The fourth-order valence-corrected chi connectivity index (χ4v) is 8.20. The fraction of sp³-hybridized carbons (Fsp3) is 0.571. The summed E-state index contributed by atoms with van der Waals surface area (Å²) >= 11 is 0. The normalized spacial score (nSPS) is 12.9. The molecule has 2 rings (SSSR count). The summed E-state index contributed by atoms with van der Waals surface area (Å²) in [4.78, 5) is 34.0. The van der Waals surface area contributed by atoms with Crippen molar-refractivity contribution < 1.29 is 94.2 Å². The first-order valence-corrected chi connectivity index (χ1v) is 20.9. The molecule has 0 amide bonds. The molecule has 0 N–H and O–H groups in total. The minimum Gasteiger partial charge on any atom is -0.455 e. The van der Waals surface area contributed by atoms with Gasteiger partial charge in [-0.25, -0.2) is 0 Å². The van der Waals surface area contributed by atoms with E-state index in [1.165, 1.54) is 0 Å². The van der Waals surface area contributed by atoms with Crippen LogP contribution in [0, 0.1) is 0 Å². The van der Waals surface area contributed by atoms with Crippen molar-refractivity contribution in [3.05, 3.63) is 69.8 Å². The van der Waals surface area contributed by atoms with E-state index in [9.17, 15) is 67.1 Å². The van der Waals surface area contributed by atoms with E-state index in [0.29, 0.717) is 24.6 Å². The summed E-state index contributed by atoms with van der Waals surface area (Å²) in [6.45, 7) is 9.37. The number of alkyl halides is 12. The molecular weight excluding hydrogens is 849 g/mol. The Morgan fingerprint density at radius 3 is 1.14 bits per heavy atom. The van der Waals surface area contributed by atoms with Gasteiger partial charge in [0.2, 0.25) is 0 Å². The van der Waals surface area contributed by atoms with Gasteiger partial charge in [0, 0.05) is 20.8 Å². The van der Waals surface area contributed by atoms with Gasteiger partial charge in [-0.1, -0.05) is 6.42 Å². The lowest BCUT2D eigenvalue weighted by atomic mass is 10.0. The Balaban J connectivity index is 0.000000581. The highest BCUT2D eigenvalue weighted by Gasteiger charge is 2.51. The van der Waals surface area contributed by atoms with E-state index in [1.54, 1.807) is 0 Å². The third-order valence-corrected chi connectivity index (χ3v) is 11.1. The molecular formula is C35H44F12O9Si2. The van der Waals surface area contributed by atoms with Crippen molar-refractivity contribution in [3.63, 3.8) is 0 Å². The molecule has 58 heavy (non-hydrogen) atoms. The van der Waals surface area contributed by atoms with E-state index in [2.05, 4.69) is 0 Å². The average molecular weight is 893 g/mol. The number of hydrogen-bond donors (Lipinski definition) is 0. The van der Waals surface area contributed by atoms with Gasteiger partial charge in [-0.05, 0) is 101 Å². The summed E-state index contributed by atoms with van der Waals surface area (Å²) in [6.07, 6.45) is -19.9. The van der Waals surface area contributed by atoms with Crippen LogP contribution in [0.2, 0.25) is 12.1 Å². The summed E-state index contributed by atoms with van der Waals surface area (Å²) in [5.41, 5.74) is -5.83. The standard InChI is InChI=1S/C18H26F6O3Si.C17H18F6O6Si/c1-11(2)25-16(26-12(3)4)27-28-7-5-6-13-8-14(17(19,20)21)10-15(9-13)18(22,23)24;1-10(24)27-30(28-11(2)25,29-12(3)26)6-4-5-13-7-14(16(18,19)20)9-15(8-13)17(21,22)23/h8-12,16H,5-7,28H2,1-4H3;7-9H,4-6H2,1-3H3. The zero-order valence-electron chi connectivity index (χ0n) is 32.4. The molecule has 0 saturated carbocycles.